The second kappa shape index (κ2) is 5.59. The van der Waals surface area contributed by atoms with Crippen LogP contribution in [0.4, 0.5) is 4.39 Å². The molecule has 2 N–H and O–H groups in total. The van der Waals surface area contributed by atoms with Crippen LogP contribution in [0.25, 0.3) is 11.1 Å². The number of hydrogen-bond acceptors (Lipinski definition) is 2. The molecule has 4 heteroatoms. The average molecular weight is 280 g/mol. The van der Waals surface area contributed by atoms with Gasteiger partial charge in [-0.2, -0.15) is 0 Å². The van der Waals surface area contributed by atoms with E-state index in [4.69, 9.17) is 22.1 Å². The molecule has 2 aromatic carbocycles. The third-order valence-electron chi connectivity index (χ3n) is 2.97. The second-order valence-electron chi connectivity index (χ2n) is 4.37. The van der Waals surface area contributed by atoms with Gasteiger partial charge in [0.25, 0.3) is 0 Å². The Morgan fingerprint density at radius 3 is 2.53 bits per heavy atom. The van der Waals surface area contributed by atoms with Gasteiger partial charge < -0.3 is 10.5 Å². The van der Waals surface area contributed by atoms with Crippen LogP contribution in [0.1, 0.15) is 18.5 Å². The van der Waals surface area contributed by atoms with Gasteiger partial charge in [0.2, 0.25) is 0 Å². The zero-order chi connectivity index (χ0) is 14.0. The first kappa shape index (κ1) is 13.8. The minimum Gasteiger partial charge on any atom is -0.496 e. The maximum atomic E-state index is 14.0. The van der Waals surface area contributed by atoms with Gasteiger partial charge in [-0.15, -0.1) is 0 Å². The van der Waals surface area contributed by atoms with E-state index in [1.54, 1.807) is 37.4 Å². The lowest BCUT2D eigenvalue weighted by atomic mass is 9.99. The van der Waals surface area contributed by atoms with E-state index in [9.17, 15) is 4.39 Å². The maximum Gasteiger partial charge on any atom is 0.131 e. The Hall–Kier alpha value is -1.58. The smallest absolute Gasteiger partial charge is 0.131 e. The van der Waals surface area contributed by atoms with Gasteiger partial charge in [0, 0.05) is 22.2 Å². The highest BCUT2D eigenvalue weighted by molar-refractivity contribution is 6.31. The Morgan fingerprint density at radius 2 is 1.89 bits per heavy atom. The summed E-state index contributed by atoms with van der Waals surface area (Å²) in [5.41, 5.74) is 7.75. The van der Waals surface area contributed by atoms with Crippen molar-refractivity contribution in [2.75, 3.05) is 7.11 Å². The fraction of sp³-hybridized carbons (Fsp3) is 0.200. The standard InChI is InChI=1S/C15H15ClFNO/c1-9(18)10-3-5-14(17)12(7-10)13-8-11(16)4-6-15(13)19-2/h3-9H,18H2,1-2H3. The number of rotatable bonds is 3. The van der Waals surface area contributed by atoms with Crippen molar-refractivity contribution in [3.8, 4) is 16.9 Å². The van der Waals surface area contributed by atoms with Crippen molar-refractivity contribution in [1.82, 2.24) is 0 Å². The van der Waals surface area contributed by atoms with Crippen LogP contribution in [-0.2, 0) is 0 Å². The van der Waals surface area contributed by atoms with Crippen LogP contribution < -0.4 is 10.5 Å². The van der Waals surface area contributed by atoms with Gasteiger partial charge in [-0.25, -0.2) is 4.39 Å². The lowest BCUT2D eigenvalue weighted by molar-refractivity contribution is 0.416. The number of methoxy groups -OCH3 is 1. The zero-order valence-corrected chi connectivity index (χ0v) is 11.5. The molecule has 0 heterocycles. The van der Waals surface area contributed by atoms with E-state index in [0.29, 0.717) is 21.9 Å². The maximum absolute atomic E-state index is 14.0. The predicted molar refractivity (Wildman–Crippen MR) is 76.0 cm³/mol. The summed E-state index contributed by atoms with van der Waals surface area (Å²) in [5.74, 6) is 0.245. The normalized spacial score (nSPS) is 12.3. The zero-order valence-electron chi connectivity index (χ0n) is 10.8. The summed E-state index contributed by atoms with van der Waals surface area (Å²) < 4.78 is 19.3. The Balaban J connectivity index is 2.63. The molecule has 0 radical (unpaired) electrons. The summed E-state index contributed by atoms with van der Waals surface area (Å²) >= 11 is 5.98. The Bertz CT molecular complexity index is 599. The largest absolute Gasteiger partial charge is 0.496 e. The van der Waals surface area contributed by atoms with E-state index in [1.165, 1.54) is 6.07 Å². The van der Waals surface area contributed by atoms with E-state index < -0.39 is 0 Å². The van der Waals surface area contributed by atoms with E-state index >= 15 is 0 Å². The van der Waals surface area contributed by atoms with Crippen molar-refractivity contribution in [2.24, 2.45) is 5.73 Å². The van der Waals surface area contributed by atoms with Crippen LogP contribution in [-0.4, -0.2) is 7.11 Å². The van der Waals surface area contributed by atoms with Crippen LogP contribution in [0.15, 0.2) is 36.4 Å². The third kappa shape index (κ3) is 2.88. The van der Waals surface area contributed by atoms with Crippen molar-refractivity contribution in [2.45, 2.75) is 13.0 Å². The average Bonchev–Trinajstić information content (AvgIpc) is 2.39. The van der Waals surface area contributed by atoms with Gasteiger partial charge in [-0.05, 0) is 42.8 Å². The quantitative estimate of drug-likeness (QED) is 0.915. The predicted octanol–water partition coefficient (Wildman–Crippen LogP) is 4.17. The Labute approximate surface area is 117 Å². The minimum atomic E-state index is -0.329. The van der Waals surface area contributed by atoms with Crippen LogP contribution in [0.3, 0.4) is 0 Å². The van der Waals surface area contributed by atoms with Crippen LogP contribution >= 0.6 is 11.6 Å². The molecule has 0 saturated carbocycles. The lowest BCUT2D eigenvalue weighted by Gasteiger charge is -2.13. The molecule has 0 fully saturated rings. The highest BCUT2D eigenvalue weighted by Gasteiger charge is 2.13. The molecule has 0 saturated heterocycles. The first-order chi connectivity index (χ1) is 9.02. The molecule has 2 rings (SSSR count). The number of nitrogens with two attached hydrogens (primary N) is 1. The van der Waals surface area contributed by atoms with Gasteiger partial charge in [-0.1, -0.05) is 17.7 Å². The molecule has 0 aliphatic rings. The lowest BCUT2D eigenvalue weighted by Crippen LogP contribution is -2.05. The molecule has 0 aromatic heterocycles. The van der Waals surface area contributed by atoms with Gasteiger partial charge in [0.1, 0.15) is 11.6 Å². The van der Waals surface area contributed by atoms with Crippen molar-refractivity contribution in [3.63, 3.8) is 0 Å². The molecule has 0 bridgehead atoms. The fourth-order valence-corrected chi connectivity index (χ4v) is 2.10. The molecule has 19 heavy (non-hydrogen) atoms. The molecular formula is C15H15ClFNO. The molecule has 0 amide bonds. The molecule has 1 atom stereocenters. The number of ether oxygens (including phenoxy) is 1. The molecule has 100 valence electrons. The van der Waals surface area contributed by atoms with Crippen LogP contribution in [0.5, 0.6) is 5.75 Å². The highest BCUT2D eigenvalue weighted by Crippen LogP contribution is 2.35. The molecular weight excluding hydrogens is 265 g/mol. The van der Waals surface area contributed by atoms with Gasteiger partial charge in [0.15, 0.2) is 0 Å². The summed E-state index contributed by atoms with van der Waals surface area (Å²) in [4.78, 5) is 0. The van der Waals surface area contributed by atoms with Crippen molar-refractivity contribution < 1.29 is 9.13 Å². The topological polar surface area (TPSA) is 35.2 Å². The molecule has 0 aliphatic carbocycles. The fourth-order valence-electron chi connectivity index (χ4n) is 1.92. The van der Waals surface area contributed by atoms with Crippen molar-refractivity contribution in [3.05, 3.63) is 52.8 Å². The molecule has 2 nitrogen and oxygen atoms in total. The SMILES string of the molecule is COc1ccc(Cl)cc1-c1cc(C(C)N)ccc1F. The molecule has 0 aliphatic heterocycles. The minimum absolute atomic E-state index is 0.162. The molecule has 0 spiro atoms. The van der Waals surface area contributed by atoms with E-state index in [2.05, 4.69) is 0 Å². The van der Waals surface area contributed by atoms with Crippen LogP contribution in [0.2, 0.25) is 5.02 Å². The third-order valence-corrected chi connectivity index (χ3v) is 3.20. The van der Waals surface area contributed by atoms with Gasteiger partial charge in [-0.3, -0.25) is 0 Å². The second-order valence-corrected chi connectivity index (χ2v) is 4.81. The van der Waals surface area contributed by atoms with Gasteiger partial charge in [0.05, 0.1) is 7.11 Å². The Morgan fingerprint density at radius 1 is 1.16 bits per heavy atom. The first-order valence-corrected chi connectivity index (χ1v) is 6.29. The number of hydrogen-bond donors (Lipinski definition) is 1. The van der Waals surface area contributed by atoms with Crippen LogP contribution in [0, 0.1) is 5.82 Å². The van der Waals surface area contributed by atoms with Crippen molar-refractivity contribution in [1.29, 1.82) is 0 Å². The molecule has 2 aromatic rings. The summed E-state index contributed by atoms with van der Waals surface area (Å²) in [5, 5.41) is 0.529. The number of benzene rings is 2. The van der Waals surface area contributed by atoms with E-state index in [-0.39, 0.29) is 11.9 Å². The summed E-state index contributed by atoms with van der Waals surface area (Å²) in [6, 6.07) is 9.77. The highest BCUT2D eigenvalue weighted by atomic mass is 35.5. The van der Waals surface area contributed by atoms with Gasteiger partial charge >= 0.3 is 0 Å². The number of halogens is 2. The van der Waals surface area contributed by atoms with Crippen molar-refractivity contribution >= 4 is 11.6 Å². The summed E-state index contributed by atoms with van der Waals surface area (Å²) in [6.07, 6.45) is 0. The molecule has 1 unspecified atom stereocenters. The van der Waals surface area contributed by atoms with E-state index in [1.807, 2.05) is 6.92 Å². The first-order valence-electron chi connectivity index (χ1n) is 5.92. The summed E-state index contributed by atoms with van der Waals surface area (Å²) in [6.45, 7) is 1.85. The summed E-state index contributed by atoms with van der Waals surface area (Å²) in [7, 11) is 1.54. The monoisotopic (exact) mass is 279 g/mol. The van der Waals surface area contributed by atoms with E-state index in [0.717, 1.165) is 5.56 Å². The Kier molecular flexibility index (Phi) is 4.08.